The number of thiophene rings is 2. The quantitative estimate of drug-likeness (QED) is 0.569. The summed E-state index contributed by atoms with van der Waals surface area (Å²) in [5.74, 6) is -0.540. The third kappa shape index (κ3) is 4.63. The van der Waals surface area contributed by atoms with Crippen molar-refractivity contribution in [3.8, 4) is 9.75 Å². The van der Waals surface area contributed by atoms with E-state index in [1.807, 2.05) is 23.6 Å². The number of benzene rings is 1. The highest BCUT2D eigenvalue weighted by atomic mass is 32.2. The van der Waals surface area contributed by atoms with Gasteiger partial charge >= 0.3 is 5.97 Å². The molecule has 1 aromatic carbocycles. The Labute approximate surface area is 165 Å². The lowest BCUT2D eigenvalue weighted by Gasteiger charge is -2.11. The number of hydrogen-bond acceptors (Lipinski definition) is 7. The first kappa shape index (κ1) is 19.7. The molecule has 0 bridgehead atoms. The molecule has 2 N–H and O–H groups in total. The van der Waals surface area contributed by atoms with Gasteiger partial charge in [-0.2, -0.15) is 0 Å². The molecular formula is C18H17NO5S3. The van der Waals surface area contributed by atoms with Crippen molar-refractivity contribution in [3.05, 3.63) is 64.4 Å². The van der Waals surface area contributed by atoms with Crippen molar-refractivity contribution < 1.29 is 23.1 Å². The minimum Gasteiger partial charge on any atom is -0.465 e. The number of hydrogen-bond donors (Lipinski definition) is 2. The summed E-state index contributed by atoms with van der Waals surface area (Å²) in [5, 5.41) is 12.3. The Morgan fingerprint density at radius 3 is 2.52 bits per heavy atom. The number of carbonyl (C=O) groups excluding carboxylic acids is 1. The molecule has 0 aliphatic carbocycles. The van der Waals surface area contributed by atoms with Crippen LogP contribution in [-0.4, -0.2) is 33.1 Å². The Morgan fingerprint density at radius 2 is 1.89 bits per heavy atom. The lowest BCUT2D eigenvalue weighted by Crippen LogP contribution is -2.28. The van der Waals surface area contributed by atoms with Crippen molar-refractivity contribution >= 4 is 38.7 Å². The summed E-state index contributed by atoms with van der Waals surface area (Å²) in [4.78, 5) is 14.2. The van der Waals surface area contributed by atoms with Crippen molar-refractivity contribution in [1.82, 2.24) is 4.72 Å². The Bertz CT molecular complexity index is 1010. The number of aliphatic hydroxyl groups excluding tert-OH is 1. The zero-order valence-corrected chi connectivity index (χ0v) is 16.7. The summed E-state index contributed by atoms with van der Waals surface area (Å²) in [7, 11) is -2.55. The normalized spacial score (nSPS) is 12.7. The Hall–Kier alpha value is -2.04. The molecule has 6 nitrogen and oxygen atoms in total. The summed E-state index contributed by atoms with van der Waals surface area (Å²) in [6, 6.07) is 13.1. The molecule has 3 rings (SSSR count). The van der Waals surface area contributed by atoms with Crippen LogP contribution < -0.4 is 4.72 Å². The van der Waals surface area contributed by atoms with Crippen LogP contribution in [0, 0.1) is 0 Å². The smallest absolute Gasteiger partial charge is 0.337 e. The second-order valence-corrected chi connectivity index (χ2v) is 9.39. The molecule has 0 aliphatic rings. The molecule has 1 atom stereocenters. The summed E-state index contributed by atoms with van der Waals surface area (Å²) in [6.07, 6.45) is -0.951. The average molecular weight is 424 g/mol. The number of aliphatic hydroxyl groups is 1. The number of sulfonamides is 1. The average Bonchev–Trinajstić information content (AvgIpc) is 3.37. The van der Waals surface area contributed by atoms with Gasteiger partial charge in [-0.3, -0.25) is 0 Å². The maximum absolute atomic E-state index is 12.4. The lowest BCUT2D eigenvalue weighted by atomic mass is 10.2. The van der Waals surface area contributed by atoms with Gasteiger partial charge in [0.1, 0.15) is 6.10 Å². The van der Waals surface area contributed by atoms with Gasteiger partial charge in [0.2, 0.25) is 10.0 Å². The van der Waals surface area contributed by atoms with Gasteiger partial charge in [-0.1, -0.05) is 6.07 Å². The molecule has 0 unspecified atom stereocenters. The van der Waals surface area contributed by atoms with Gasteiger partial charge in [-0.05, 0) is 47.8 Å². The van der Waals surface area contributed by atoms with Crippen LogP contribution in [0.4, 0.5) is 0 Å². The van der Waals surface area contributed by atoms with Gasteiger partial charge in [-0.25, -0.2) is 17.9 Å². The number of ether oxygens (including phenoxy) is 1. The maximum atomic E-state index is 12.4. The zero-order valence-electron chi connectivity index (χ0n) is 14.3. The first-order chi connectivity index (χ1) is 12.9. The van der Waals surface area contributed by atoms with Crippen molar-refractivity contribution in [2.75, 3.05) is 13.7 Å². The number of methoxy groups -OCH3 is 1. The molecule has 9 heteroatoms. The molecule has 2 aromatic heterocycles. The predicted molar refractivity (Wildman–Crippen MR) is 106 cm³/mol. The molecule has 0 saturated heterocycles. The molecule has 0 spiro atoms. The van der Waals surface area contributed by atoms with Gasteiger partial charge in [0.05, 0.1) is 17.6 Å². The first-order valence-electron chi connectivity index (χ1n) is 7.90. The lowest BCUT2D eigenvalue weighted by molar-refractivity contribution is 0.0600. The number of rotatable bonds is 7. The molecule has 3 aromatic rings. The summed E-state index contributed by atoms with van der Waals surface area (Å²) >= 11 is 3.03. The standard InChI is InChI=1S/C18H17NO5S3/c1-24-18(21)12-4-6-13(7-5-12)27(22,23)19-11-14(20)15-8-9-17(26-15)16-3-2-10-25-16/h2-10,14,19-20H,11H2,1H3/t14-/m1/s1. The van der Waals surface area contributed by atoms with E-state index in [-0.39, 0.29) is 17.0 Å². The van der Waals surface area contributed by atoms with E-state index in [4.69, 9.17) is 0 Å². The fraction of sp³-hybridized carbons (Fsp3) is 0.167. The third-order valence-electron chi connectivity index (χ3n) is 3.77. The fourth-order valence-corrected chi connectivity index (χ4v) is 5.21. The minimum absolute atomic E-state index is 0.00723. The highest BCUT2D eigenvalue weighted by Gasteiger charge is 2.19. The summed E-state index contributed by atoms with van der Waals surface area (Å²) in [5.41, 5.74) is 0.260. The highest BCUT2D eigenvalue weighted by Crippen LogP contribution is 2.33. The van der Waals surface area contributed by atoms with E-state index >= 15 is 0 Å². The summed E-state index contributed by atoms with van der Waals surface area (Å²) < 4.78 is 31.7. The first-order valence-corrected chi connectivity index (χ1v) is 11.1. The topological polar surface area (TPSA) is 92.7 Å². The van der Waals surface area contributed by atoms with Crippen molar-refractivity contribution in [2.45, 2.75) is 11.0 Å². The molecule has 0 aliphatic heterocycles. The molecule has 0 saturated carbocycles. The maximum Gasteiger partial charge on any atom is 0.337 e. The van der Waals surface area contributed by atoms with Gasteiger partial charge in [0.25, 0.3) is 0 Å². The van der Waals surface area contributed by atoms with Crippen molar-refractivity contribution in [3.63, 3.8) is 0 Å². The number of nitrogens with one attached hydrogen (secondary N) is 1. The Balaban J connectivity index is 1.65. The number of carbonyl (C=O) groups is 1. The van der Waals surface area contributed by atoms with Gasteiger partial charge in [0.15, 0.2) is 0 Å². The highest BCUT2D eigenvalue weighted by molar-refractivity contribution is 7.89. The monoisotopic (exact) mass is 423 g/mol. The Kier molecular flexibility index (Phi) is 6.08. The molecule has 27 heavy (non-hydrogen) atoms. The van der Waals surface area contributed by atoms with Crippen molar-refractivity contribution in [1.29, 1.82) is 0 Å². The second-order valence-electron chi connectivity index (χ2n) is 5.56. The number of esters is 1. The molecule has 2 heterocycles. The summed E-state index contributed by atoms with van der Waals surface area (Å²) in [6.45, 7) is -0.147. The molecule has 0 amide bonds. The van der Waals surface area contributed by atoms with Crippen LogP contribution in [0.5, 0.6) is 0 Å². The van der Waals surface area contributed by atoms with Crippen LogP contribution in [-0.2, 0) is 14.8 Å². The van der Waals surface area contributed by atoms with Gasteiger partial charge < -0.3 is 9.84 Å². The molecule has 0 radical (unpaired) electrons. The van der Waals surface area contributed by atoms with Crippen LogP contribution in [0.3, 0.4) is 0 Å². The molecule has 0 fully saturated rings. The van der Waals surface area contributed by atoms with E-state index < -0.39 is 22.1 Å². The van der Waals surface area contributed by atoms with E-state index in [1.165, 1.54) is 42.7 Å². The third-order valence-corrected chi connectivity index (χ3v) is 7.46. The Morgan fingerprint density at radius 1 is 1.15 bits per heavy atom. The van der Waals surface area contributed by atoms with Crippen LogP contribution in [0.2, 0.25) is 0 Å². The largest absolute Gasteiger partial charge is 0.465 e. The van der Waals surface area contributed by atoms with Crippen LogP contribution in [0.15, 0.2) is 58.8 Å². The zero-order chi connectivity index (χ0) is 19.4. The van der Waals surface area contributed by atoms with E-state index in [9.17, 15) is 18.3 Å². The van der Waals surface area contributed by atoms with Gasteiger partial charge in [0, 0.05) is 21.2 Å². The van der Waals surface area contributed by atoms with Crippen LogP contribution in [0.25, 0.3) is 9.75 Å². The molecule has 142 valence electrons. The van der Waals surface area contributed by atoms with E-state index in [1.54, 1.807) is 17.4 Å². The van der Waals surface area contributed by atoms with Crippen molar-refractivity contribution in [2.24, 2.45) is 0 Å². The molecular weight excluding hydrogens is 406 g/mol. The predicted octanol–water partition coefficient (Wildman–Crippen LogP) is 3.28. The van der Waals surface area contributed by atoms with E-state index in [0.717, 1.165) is 9.75 Å². The SMILES string of the molecule is COC(=O)c1ccc(S(=O)(=O)NC[C@@H](O)c2ccc(-c3cccs3)s2)cc1. The fourth-order valence-electron chi connectivity index (χ4n) is 2.34. The van der Waals surface area contributed by atoms with Gasteiger partial charge in [-0.15, -0.1) is 22.7 Å². The van der Waals surface area contributed by atoms with Crippen LogP contribution >= 0.6 is 22.7 Å². The van der Waals surface area contributed by atoms with E-state index in [2.05, 4.69) is 9.46 Å². The minimum atomic E-state index is -3.80. The second kappa shape index (κ2) is 8.32. The van der Waals surface area contributed by atoms with E-state index in [0.29, 0.717) is 4.88 Å². The van der Waals surface area contributed by atoms with Crippen LogP contribution in [0.1, 0.15) is 21.3 Å².